The third kappa shape index (κ3) is 2.77. The predicted molar refractivity (Wildman–Crippen MR) is 150 cm³/mol. The van der Waals surface area contributed by atoms with E-state index in [1.807, 2.05) is 0 Å². The molecule has 168 valence electrons. The summed E-state index contributed by atoms with van der Waals surface area (Å²) in [6.45, 7) is 0. The highest BCUT2D eigenvalue weighted by Crippen LogP contribution is 2.38. The molecule has 0 bridgehead atoms. The Labute approximate surface area is 207 Å². The molecule has 0 fully saturated rings. The lowest BCUT2D eigenvalue weighted by Crippen LogP contribution is -2.03. The number of para-hydroxylation sites is 3. The second kappa shape index (κ2) is 7.30. The first-order chi connectivity index (χ1) is 17.8. The number of fused-ring (bicyclic) bond motifs is 7. The molecule has 6 aromatic rings. The van der Waals surface area contributed by atoms with Crippen LogP contribution in [0.4, 0.5) is 0 Å². The van der Waals surface area contributed by atoms with Gasteiger partial charge in [-0.25, -0.2) is 4.98 Å². The summed E-state index contributed by atoms with van der Waals surface area (Å²) >= 11 is 0. The zero-order valence-corrected chi connectivity index (χ0v) is 19.4. The van der Waals surface area contributed by atoms with Crippen molar-refractivity contribution in [1.82, 2.24) is 14.5 Å². The van der Waals surface area contributed by atoms with Crippen molar-refractivity contribution in [2.45, 2.75) is 0 Å². The number of pyridine rings is 1. The average molecular weight is 460 g/mol. The molecule has 0 unspecified atom stereocenters. The van der Waals surface area contributed by atoms with Gasteiger partial charge in [0.15, 0.2) is 0 Å². The molecule has 0 amide bonds. The van der Waals surface area contributed by atoms with Gasteiger partial charge in [0.25, 0.3) is 0 Å². The second-order valence-corrected chi connectivity index (χ2v) is 9.39. The van der Waals surface area contributed by atoms with Gasteiger partial charge < -0.3 is 4.98 Å². The molecule has 0 saturated heterocycles. The van der Waals surface area contributed by atoms with Gasteiger partial charge >= 0.3 is 0 Å². The Hall–Kier alpha value is -4.89. The molecule has 8 rings (SSSR count). The van der Waals surface area contributed by atoms with Gasteiger partial charge in [0.05, 0.1) is 11.0 Å². The quantitative estimate of drug-likeness (QED) is 0.276. The Morgan fingerprint density at radius 1 is 0.556 bits per heavy atom. The van der Waals surface area contributed by atoms with Crippen LogP contribution in [0.25, 0.3) is 71.8 Å². The Morgan fingerprint density at radius 2 is 1.28 bits per heavy atom. The molecule has 3 nitrogen and oxygen atoms in total. The molecule has 0 saturated carbocycles. The number of aromatic amines is 1. The monoisotopic (exact) mass is 459 g/mol. The summed E-state index contributed by atoms with van der Waals surface area (Å²) in [6.07, 6.45) is 0. The number of H-pyrrole nitrogens is 1. The number of rotatable bonds is 2. The maximum atomic E-state index is 5.07. The van der Waals surface area contributed by atoms with Gasteiger partial charge in [-0.05, 0) is 65.0 Å². The van der Waals surface area contributed by atoms with E-state index in [4.69, 9.17) is 4.98 Å². The van der Waals surface area contributed by atoms with Crippen molar-refractivity contribution in [3.63, 3.8) is 0 Å². The predicted octanol–water partition coefficient (Wildman–Crippen LogP) is 8.59. The molecule has 0 aliphatic carbocycles. The van der Waals surface area contributed by atoms with Crippen molar-refractivity contribution in [3.05, 3.63) is 121 Å². The topological polar surface area (TPSA) is 33.6 Å². The molecule has 5 aromatic carbocycles. The highest BCUT2D eigenvalue weighted by molar-refractivity contribution is 6.09. The minimum Gasteiger partial charge on any atom is -0.355 e. The number of benzene rings is 5. The largest absolute Gasteiger partial charge is 0.355 e. The minimum absolute atomic E-state index is 0.985. The maximum Gasteiger partial charge on any atom is 0.146 e. The molecule has 36 heavy (non-hydrogen) atoms. The Kier molecular flexibility index (Phi) is 3.94. The number of hydrogen-bond acceptors (Lipinski definition) is 1. The fourth-order valence-electron chi connectivity index (χ4n) is 5.58. The van der Waals surface area contributed by atoms with Gasteiger partial charge in [0.1, 0.15) is 5.82 Å². The summed E-state index contributed by atoms with van der Waals surface area (Å²) in [7, 11) is 0. The van der Waals surface area contributed by atoms with Crippen molar-refractivity contribution in [2.75, 3.05) is 0 Å². The first-order valence-electron chi connectivity index (χ1n) is 12.2. The van der Waals surface area contributed by atoms with Crippen LogP contribution in [0, 0.1) is 0 Å². The average Bonchev–Trinajstić information content (AvgIpc) is 3.49. The van der Waals surface area contributed by atoms with Crippen LogP contribution in [-0.4, -0.2) is 14.5 Å². The Bertz CT molecular complexity index is 2040. The first-order valence-corrected chi connectivity index (χ1v) is 12.2. The number of aromatic nitrogens is 3. The Balaban J connectivity index is 1.43. The van der Waals surface area contributed by atoms with E-state index < -0.39 is 0 Å². The van der Waals surface area contributed by atoms with Gasteiger partial charge in [-0.1, -0.05) is 72.8 Å². The standard InChI is InChI=1S/C33H21N3/c1-2-8-24(9-3-1)36-32-20-22(21-16-17-31-27(18-21)25-10-4-6-12-29(25)34-31)14-15-23(32)19-28-26-11-5-7-13-30(26)35-33(28)36/h1-20,34H. The number of nitrogens with zero attached hydrogens (tertiary/aromatic N) is 2. The van der Waals surface area contributed by atoms with Crippen LogP contribution in [0.3, 0.4) is 0 Å². The minimum atomic E-state index is 0.985. The lowest BCUT2D eigenvalue weighted by molar-refractivity contribution is 1.07. The van der Waals surface area contributed by atoms with Gasteiger partial charge in [0.2, 0.25) is 0 Å². The van der Waals surface area contributed by atoms with Crippen LogP contribution in [0.5, 0.6) is 0 Å². The first kappa shape index (κ1) is 19.4. The fraction of sp³-hybridized carbons (Fsp3) is 0. The van der Waals surface area contributed by atoms with Crippen molar-refractivity contribution in [1.29, 1.82) is 0 Å². The zero-order chi connectivity index (χ0) is 23.6. The normalized spacial score (nSPS) is 11.9. The summed E-state index contributed by atoms with van der Waals surface area (Å²) in [6, 6.07) is 43.2. The van der Waals surface area contributed by atoms with E-state index in [1.165, 1.54) is 43.8 Å². The lowest BCUT2D eigenvalue weighted by atomic mass is 9.99. The lowest BCUT2D eigenvalue weighted by Gasteiger charge is -2.17. The van der Waals surface area contributed by atoms with E-state index in [1.54, 1.807) is 0 Å². The van der Waals surface area contributed by atoms with E-state index in [0.29, 0.717) is 0 Å². The molecule has 0 radical (unpaired) electrons. The molecule has 0 atom stereocenters. The Morgan fingerprint density at radius 3 is 2.19 bits per heavy atom. The van der Waals surface area contributed by atoms with Crippen LogP contribution in [-0.2, 0) is 0 Å². The summed E-state index contributed by atoms with van der Waals surface area (Å²) < 4.78 is 2.30. The van der Waals surface area contributed by atoms with E-state index >= 15 is 0 Å². The molecule has 3 heteroatoms. The summed E-state index contributed by atoms with van der Waals surface area (Å²) in [4.78, 5) is 8.61. The molecule has 3 heterocycles. The van der Waals surface area contributed by atoms with Gasteiger partial charge in [-0.3, -0.25) is 4.57 Å². The molecule has 1 N–H and O–H groups in total. The van der Waals surface area contributed by atoms with Crippen molar-refractivity contribution in [2.24, 2.45) is 0 Å². The fourth-order valence-corrected chi connectivity index (χ4v) is 5.58. The van der Waals surface area contributed by atoms with E-state index in [0.717, 1.165) is 28.1 Å². The third-order valence-corrected chi connectivity index (χ3v) is 7.30. The van der Waals surface area contributed by atoms with Crippen LogP contribution < -0.4 is 0 Å². The molecule has 0 spiro atoms. The molecular formula is C33H21N3. The highest BCUT2D eigenvalue weighted by atomic mass is 15.1. The number of nitrogens with one attached hydrogen (secondary N) is 1. The van der Waals surface area contributed by atoms with Crippen molar-refractivity contribution >= 4 is 43.6 Å². The smallest absolute Gasteiger partial charge is 0.146 e. The summed E-state index contributed by atoms with van der Waals surface area (Å²) in [5.41, 5.74) is 9.18. The molecular weight excluding hydrogens is 438 g/mol. The molecule has 2 aliphatic heterocycles. The van der Waals surface area contributed by atoms with Gasteiger partial charge in [0, 0.05) is 38.4 Å². The summed E-state index contributed by atoms with van der Waals surface area (Å²) in [5.74, 6) is 0.985. The van der Waals surface area contributed by atoms with Crippen LogP contribution in [0.1, 0.15) is 0 Å². The summed E-state index contributed by atoms with van der Waals surface area (Å²) in [5, 5.41) is 4.89. The van der Waals surface area contributed by atoms with Crippen LogP contribution >= 0.6 is 0 Å². The maximum absolute atomic E-state index is 5.07. The van der Waals surface area contributed by atoms with Crippen LogP contribution in [0.2, 0.25) is 0 Å². The zero-order valence-electron chi connectivity index (χ0n) is 19.4. The van der Waals surface area contributed by atoms with E-state index in [9.17, 15) is 0 Å². The molecule has 1 aromatic heterocycles. The van der Waals surface area contributed by atoms with E-state index in [2.05, 4.69) is 131 Å². The third-order valence-electron chi connectivity index (χ3n) is 7.30. The highest BCUT2D eigenvalue weighted by Gasteiger charge is 2.19. The SMILES string of the molecule is c1ccc(-n2c3nc4ccccc4c-3cc3ccc(-c4ccc5[nH]c6ccccc6c5c4)cc32)cc1. The molecule has 2 aliphatic rings. The van der Waals surface area contributed by atoms with E-state index in [-0.39, 0.29) is 0 Å². The van der Waals surface area contributed by atoms with Gasteiger partial charge in [-0.15, -0.1) is 0 Å². The van der Waals surface area contributed by atoms with Crippen molar-refractivity contribution < 1.29 is 0 Å². The van der Waals surface area contributed by atoms with Crippen molar-refractivity contribution in [3.8, 4) is 28.2 Å². The van der Waals surface area contributed by atoms with Crippen LogP contribution in [0.15, 0.2) is 121 Å². The van der Waals surface area contributed by atoms with Gasteiger partial charge in [-0.2, -0.15) is 0 Å². The second-order valence-electron chi connectivity index (χ2n) is 9.39. The number of hydrogen-bond donors (Lipinski definition) is 1.